The lowest BCUT2D eigenvalue weighted by Crippen LogP contribution is -2.46. The first-order valence-corrected chi connectivity index (χ1v) is 14.9. The van der Waals surface area contributed by atoms with Gasteiger partial charge in [-0.25, -0.2) is 9.59 Å². The van der Waals surface area contributed by atoms with Crippen molar-refractivity contribution in [1.29, 1.82) is 0 Å². The summed E-state index contributed by atoms with van der Waals surface area (Å²) in [5.74, 6) is 0.489. The molecule has 42 heavy (non-hydrogen) atoms. The predicted octanol–water partition coefficient (Wildman–Crippen LogP) is 6.56. The van der Waals surface area contributed by atoms with Gasteiger partial charge in [0.25, 0.3) is 0 Å². The van der Waals surface area contributed by atoms with E-state index < -0.39 is 35.5 Å². The van der Waals surface area contributed by atoms with Gasteiger partial charge >= 0.3 is 12.2 Å². The molecular weight excluding hydrogens is 538 g/mol. The number of nitrogens with zero attached hydrogens (tertiary/aromatic N) is 4. The highest BCUT2D eigenvalue weighted by atomic mass is 16.6. The summed E-state index contributed by atoms with van der Waals surface area (Å²) in [7, 11) is 0. The van der Waals surface area contributed by atoms with Gasteiger partial charge < -0.3 is 24.0 Å². The van der Waals surface area contributed by atoms with Crippen molar-refractivity contribution in [3.05, 3.63) is 35.7 Å². The van der Waals surface area contributed by atoms with Gasteiger partial charge in [-0.2, -0.15) is 4.98 Å². The Morgan fingerprint density at radius 1 is 1.02 bits per heavy atom. The van der Waals surface area contributed by atoms with Crippen LogP contribution in [-0.2, 0) is 15.9 Å². The Labute approximate surface area is 249 Å². The molecule has 2 aromatic rings. The highest BCUT2D eigenvalue weighted by Gasteiger charge is 2.39. The summed E-state index contributed by atoms with van der Waals surface area (Å²) < 4.78 is 16.3. The number of aliphatic hydroxyl groups is 1. The minimum atomic E-state index is -0.902. The molecule has 11 heteroatoms. The maximum Gasteiger partial charge on any atom is 0.437 e. The Morgan fingerprint density at radius 3 is 2.31 bits per heavy atom. The highest BCUT2D eigenvalue weighted by molar-refractivity contribution is 5.99. The van der Waals surface area contributed by atoms with Crippen molar-refractivity contribution in [2.75, 3.05) is 6.54 Å². The van der Waals surface area contributed by atoms with E-state index in [4.69, 9.17) is 14.0 Å². The molecule has 2 atom stereocenters. The van der Waals surface area contributed by atoms with Gasteiger partial charge in [-0.1, -0.05) is 68.4 Å². The molecule has 2 amide bonds. The van der Waals surface area contributed by atoms with Gasteiger partial charge in [0.15, 0.2) is 0 Å². The van der Waals surface area contributed by atoms with Crippen LogP contribution in [0.1, 0.15) is 111 Å². The predicted molar refractivity (Wildman–Crippen MR) is 160 cm³/mol. The average molecular weight is 586 g/mol. The number of carbonyl (C=O) groups excluding carboxylic acids is 2. The van der Waals surface area contributed by atoms with Crippen LogP contribution in [0.25, 0.3) is 11.4 Å². The smallest absolute Gasteiger partial charge is 0.437 e. The maximum absolute atomic E-state index is 12.7. The molecule has 1 aromatic heterocycles. The van der Waals surface area contributed by atoms with Crippen molar-refractivity contribution in [2.24, 2.45) is 4.99 Å². The topological polar surface area (TPSA) is 139 Å². The highest BCUT2D eigenvalue weighted by Crippen LogP contribution is 2.33. The first-order valence-electron chi connectivity index (χ1n) is 14.9. The summed E-state index contributed by atoms with van der Waals surface area (Å²) >= 11 is 0. The van der Waals surface area contributed by atoms with E-state index in [2.05, 4.69) is 39.5 Å². The standard InChI is InChI=1S/C31H47N5O6/c1-8-9-10-11-12-13-14-21-15-17-22(18-16-21)25-32-26(42-35-25)24-19-23(37)20-36(24)27(33-28(38)40-30(2,3)4)34-29(39)41-31(5,6)7/h15-18,23-24,37H,8-14,19-20H2,1-7H3,(H,33,34,38,39)/t23-,24+/m1/s1. The molecule has 11 nitrogen and oxygen atoms in total. The lowest BCUT2D eigenvalue weighted by Gasteiger charge is -2.27. The normalized spacial score (nSPS) is 17.8. The fourth-order valence-electron chi connectivity index (χ4n) is 4.63. The van der Waals surface area contributed by atoms with Gasteiger partial charge in [-0.3, -0.25) is 5.32 Å². The van der Waals surface area contributed by atoms with E-state index in [1.165, 1.54) is 44.1 Å². The molecule has 1 aliphatic heterocycles. The molecule has 0 aliphatic carbocycles. The van der Waals surface area contributed by atoms with Crippen LogP contribution >= 0.6 is 0 Å². The second kappa shape index (κ2) is 14.6. The number of alkyl carbamates (subject to hydrolysis) is 1. The van der Waals surface area contributed by atoms with E-state index in [0.29, 0.717) is 5.82 Å². The van der Waals surface area contributed by atoms with Crippen LogP contribution in [0.3, 0.4) is 0 Å². The maximum atomic E-state index is 12.7. The summed E-state index contributed by atoms with van der Waals surface area (Å²) in [6, 6.07) is 7.46. The number of guanidine groups is 1. The Balaban J connectivity index is 1.76. The van der Waals surface area contributed by atoms with Gasteiger partial charge in [-0.15, -0.1) is 4.99 Å². The average Bonchev–Trinajstić information content (AvgIpc) is 3.51. The number of benzene rings is 1. The number of ether oxygens (including phenoxy) is 2. The van der Waals surface area contributed by atoms with Crippen LogP contribution in [0.4, 0.5) is 9.59 Å². The van der Waals surface area contributed by atoms with E-state index in [1.807, 2.05) is 12.1 Å². The van der Waals surface area contributed by atoms with E-state index in [1.54, 1.807) is 46.4 Å². The third kappa shape index (κ3) is 10.7. The first kappa shape index (κ1) is 33.0. The molecule has 0 bridgehead atoms. The number of aromatic nitrogens is 2. The second-order valence-electron chi connectivity index (χ2n) is 12.8. The summed E-state index contributed by atoms with van der Waals surface area (Å²) in [5, 5.41) is 17.3. The van der Waals surface area contributed by atoms with E-state index >= 15 is 0 Å². The van der Waals surface area contributed by atoms with Crippen molar-refractivity contribution in [3.63, 3.8) is 0 Å². The molecule has 2 heterocycles. The lowest BCUT2D eigenvalue weighted by atomic mass is 10.0. The number of hydrogen-bond donors (Lipinski definition) is 2. The largest absolute Gasteiger partial charge is 0.444 e. The van der Waals surface area contributed by atoms with Crippen LogP contribution in [0.15, 0.2) is 33.8 Å². The Morgan fingerprint density at radius 2 is 1.67 bits per heavy atom. The van der Waals surface area contributed by atoms with E-state index in [9.17, 15) is 14.7 Å². The second-order valence-corrected chi connectivity index (χ2v) is 12.8. The molecule has 1 aromatic carbocycles. The van der Waals surface area contributed by atoms with Crippen LogP contribution in [-0.4, -0.2) is 62.1 Å². The Hall–Kier alpha value is -3.47. The van der Waals surface area contributed by atoms with Gasteiger partial charge in [0.2, 0.25) is 17.7 Å². The minimum Gasteiger partial charge on any atom is -0.444 e. The number of hydrogen-bond acceptors (Lipinski definition) is 8. The first-order chi connectivity index (χ1) is 19.7. The molecule has 3 rings (SSSR count). The van der Waals surface area contributed by atoms with Crippen LogP contribution in [0, 0.1) is 0 Å². The number of amides is 2. The Kier molecular flexibility index (Phi) is 11.5. The van der Waals surface area contributed by atoms with Crippen molar-refractivity contribution < 1.29 is 28.7 Å². The van der Waals surface area contributed by atoms with Crippen LogP contribution < -0.4 is 5.32 Å². The molecule has 0 spiro atoms. The third-order valence-corrected chi connectivity index (χ3v) is 6.51. The molecule has 0 unspecified atom stereocenters. The van der Waals surface area contributed by atoms with E-state index in [-0.39, 0.29) is 24.8 Å². The molecule has 0 saturated carbocycles. The van der Waals surface area contributed by atoms with Gasteiger partial charge in [0, 0.05) is 18.5 Å². The number of likely N-dealkylation sites (tertiary alicyclic amines) is 1. The van der Waals surface area contributed by atoms with Crippen molar-refractivity contribution in [2.45, 2.75) is 123 Å². The molecule has 232 valence electrons. The van der Waals surface area contributed by atoms with Crippen LogP contribution in [0.2, 0.25) is 0 Å². The number of carbonyl (C=O) groups is 2. The third-order valence-electron chi connectivity index (χ3n) is 6.51. The minimum absolute atomic E-state index is 0.0625. The zero-order valence-electron chi connectivity index (χ0n) is 26.1. The Bertz CT molecular complexity index is 1200. The molecule has 1 fully saturated rings. The monoisotopic (exact) mass is 585 g/mol. The van der Waals surface area contributed by atoms with Crippen molar-refractivity contribution >= 4 is 18.1 Å². The summed E-state index contributed by atoms with van der Waals surface area (Å²) in [6.45, 7) is 12.6. The number of aryl methyl sites for hydroxylation is 1. The lowest BCUT2D eigenvalue weighted by molar-refractivity contribution is 0.0552. The fraction of sp³-hybridized carbons (Fsp3) is 0.645. The zero-order chi connectivity index (χ0) is 30.9. The fourth-order valence-corrected chi connectivity index (χ4v) is 4.63. The van der Waals surface area contributed by atoms with Gasteiger partial charge in [-0.05, 0) is 59.9 Å². The number of β-amino-alcohol motifs (C(OH)–C–C–N with tert-alkyl or cyclic N) is 1. The zero-order valence-corrected chi connectivity index (χ0v) is 26.1. The van der Waals surface area contributed by atoms with Crippen LogP contribution in [0.5, 0.6) is 0 Å². The molecule has 2 N–H and O–H groups in total. The number of aliphatic imine (C=N–C) groups is 1. The number of nitrogens with one attached hydrogen (secondary N) is 1. The quantitative estimate of drug-likeness (QED) is 0.190. The molecule has 1 aliphatic rings. The molecular formula is C31H47N5O6. The number of rotatable bonds is 9. The molecule has 0 radical (unpaired) electrons. The summed E-state index contributed by atoms with van der Waals surface area (Å²) in [5.41, 5.74) is 0.486. The number of aliphatic hydroxyl groups excluding tert-OH is 1. The van der Waals surface area contributed by atoms with E-state index in [0.717, 1.165) is 12.0 Å². The molecule has 1 saturated heterocycles. The summed E-state index contributed by atoms with van der Waals surface area (Å²) in [4.78, 5) is 35.4. The number of unbranched alkanes of at least 4 members (excludes halogenated alkanes) is 5. The van der Waals surface area contributed by atoms with Crippen molar-refractivity contribution in [1.82, 2.24) is 20.4 Å². The van der Waals surface area contributed by atoms with Gasteiger partial charge in [0.05, 0.1) is 6.10 Å². The van der Waals surface area contributed by atoms with Crippen molar-refractivity contribution in [3.8, 4) is 11.4 Å². The van der Waals surface area contributed by atoms with Gasteiger partial charge in [0.1, 0.15) is 17.2 Å². The SMILES string of the molecule is CCCCCCCCc1ccc(-c2noc([C@@H]3C[C@@H](O)CN3C(=NC(=O)OC(C)(C)C)NC(=O)OC(C)(C)C)n2)cc1. The summed E-state index contributed by atoms with van der Waals surface area (Å²) in [6.07, 6.45) is 6.29.